The number of anilines is 1. The molecule has 0 saturated carbocycles. The van der Waals surface area contributed by atoms with Crippen LogP contribution < -0.4 is 11.1 Å². The van der Waals surface area contributed by atoms with Crippen LogP contribution >= 0.6 is 0 Å². The minimum Gasteiger partial charge on any atom is -0.469 e. The van der Waals surface area contributed by atoms with Crippen LogP contribution in [0.1, 0.15) is 16.1 Å². The van der Waals surface area contributed by atoms with E-state index >= 15 is 0 Å². The molecule has 4 nitrogen and oxygen atoms in total. The molecule has 1 amide bonds. The van der Waals surface area contributed by atoms with Gasteiger partial charge in [0.2, 0.25) is 5.91 Å². The van der Waals surface area contributed by atoms with Crippen molar-refractivity contribution in [3.05, 3.63) is 54.0 Å². The third kappa shape index (κ3) is 3.11. The summed E-state index contributed by atoms with van der Waals surface area (Å²) in [4.78, 5) is 11.0. The summed E-state index contributed by atoms with van der Waals surface area (Å²) in [6, 6.07) is 10.9. The van der Waals surface area contributed by atoms with Gasteiger partial charge in [-0.3, -0.25) is 4.79 Å². The summed E-state index contributed by atoms with van der Waals surface area (Å²) in [5.74, 6) is 0.517. The monoisotopic (exact) mass is 230 g/mol. The van der Waals surface area contributed by atoms with Crippen molar-refractivity contribution in [1.29, 1.82) is 0 Å². The van der Waals surface area contributed by atoms with Crippen LogP contribution in [0.3, 0.4) is 0 Å². The molecule has 0 aliphatic carbocycles. The highest BCUT2D eigenvalue weighted by Gasteiger charge is 2.01. The smallest absolute Gasteiger partial charge is 0.248 e. The predicted octanol–water partition coefficient (Wildman–Crippen LogP) is 2.03. The first-order chi connectivity index (χ1) is 8.25. The molecule has 2 aromatic rings. The first kappa shape index (κ1) is 11.3. The molecule has 0 fully saturated rings. The molecule has 0 spiro atoms. The van der Waals surface area contributed by atoms with Crippen molar-refractivity contribution in [2.45, 2.75) is 6.42 Å². The van der Waals surface area contributed by atoms with Crippen molar-refractivity contribution in [1.82, 2.24) is 0 Å². The van der Waals surface area contributed by atoms with Gasteiger partial charge in [-0.25, -0.2) is 0 Å². The highest BCUT2D eigenvalue weighted by atomic mass is 16.3. The highest BCUT2D eigenvalue weighted by molar-refractivity contribution is 5.93. The number of nitrogens with two attached hydrogens (primary N) is 1. The predicted molar refractivity (Wildman–Crippen MR) is 65.9 cm³/mol. The lowest BCUT2D eigenvalue weighted by Gasteiger charge is -2.06. The van der Waals surface area contributed by atoms with Crippen molar-refractivity contribution in [2.75, 3.05) is 11.9 Å². The fraction of sp³-hybridized carbons (Fsp3) is 0.154. The summed E-state index contributed by atoms with van der Waals surface area (Å²) in [5, 5.41) is 3.21. The third-order valence-corrected chi connectivity index (χ3v) is 2.43. The molecule has 0 aliphatic rings. The standard InChI is InChI=1S/C13H14N2O2/c14-13(16)10-3-1-4-11(9-10)15-7-6-12-5-2-8-17-12/h1-5,8-9,15H,6-7H2,(H2,14,16). The quantitative estimate of drug-likeness (QED) is 0.825. The number of carbonyl (C=O) groups excluding carboxylic acids is 1. The Morgan fingerprint density at radius 3 is 2.88 bits per heavy atom. The maximum atomic E-state index is 11.0. The van der Waals surface area contributed by atoms with Crippen molar-refractivity contribution in [2.24, 2.45) is 5.73 Å². The van der Waals surface area contributed by atoms with E-state index in [2.05, 4.69) is 5.32 Å². The number of amides is 1. The topological polar surface area (TPSA) is 68.3 Å². The summed E-state index contributed by atoms with van der Waals surface area (Å²) < 4.78 is 5.22. The zero-order chi connectivity index (χ0) is 12.1. The number of hydrogen-bond donors (Lipinski definition) is 2. The van der Waals surface area contributed by atoms with Crippen LogP contribution in [0.5, 0.6) is 0 Å². The fourth-order valence-electron chi connectivity index (χ4n) is 1.57. The van der Waals surface area contributed by atoms with Gasteiger partial charge in [-0.15, -0.1) is 0 Å². The van der Waals surface area contributed by atoms with Crippen LogP contribution in [0.25, 0.3) is 0 Å². The van der Waals surface area contributed by atoms with E-state index in [1.54, 1.807) is 24.5 Å². The fourth-order valence-corrected chi connectivity index (χ4v) is 1.57. The lowest BCUT2D eigenvalue weighted by molar-refractivity contribution is 0.100. The van der Waals surface area contributed by atoms with Crippen molar-refractivity contribution >= 4 is 11.6 Å². The molecule has 0 bridgehead atoms. The third-order valence-electron chi connectivity index (χ3n) is 2.43. The van der Waals surface area contributed by atoms with Crippen LogP contribution in [0.2, 0.25) is 0 Å². The van der Waals surface area contributed by atoms with Gasteiger partial charge in [-0.05, 0) is 30.3 Å². The van der Waals surface area contributed by atoms with Crippen LogP contribution in [-0.2, 0) is 6.42 Å². The molecule has 0 saturated heterocycles. The maximum absolute atomic E-state index is 11.0. The Balaban J connectivity index is 1.90. The molecule has 0 radical (unpaired) electrons. The van der Waals surface area contributed by atoms with E-state index in [1.165, 1.54) is 0 Å². The summed E-state index contributed by atoms with van der Waals surface area (Å²) >= 11 is 0. The lowest BCUT2D eigenvalue weighted by Crippen LogP contribution is -2.11. The molecule has 0 unspecified atom stereocenters. The van der Waals surface area contributed by atoms with Crippen molar-refractivity contribution < 1.29 is 9.21 Å². The van der Waals surface area contributed by atoms with Crippen LogP contribution in [-0.4, -0.2) is 12.5 Å². The molecule has 0 aliphatic heterocycles. The van der Waals surface area contributed by atoms with Crippen LogP contribution in [0, 0.1) is 0 Å². The van der Waals surface area contributed by atoms with E-state index < -0.39 is 5.91 Å². The molecular weight excluding hydrogens is 216 g/mol. The normalized spacial score (nSPS) is 10.1. The molecule has 1 aromatic carbocycles. The molecule has 0 atom stereocenters. The Hall–Kier alpha value is -2.23. The largest absolute Gasteiger partial charge is 0.469 e. The average Bonchev–Trinajstić information content (AvgIpc) is 2.82. The number of rotatable bonds is 5. The maximum Gasteiger partial charge on any atom is 0.248 e. The number of carbonyl (C=O) groups is 1. The van der Waals surface area contributed by atoms with Gasteiger partial charge < -0.3 is 15.5 Å². The van der Waals surface area contributed by atoms with Gasteiger partial charge in [0, 0.05) is 24.2 Å². The van der Waals surface area contributed by atoms with E-state index in [9.17, 15) is 4.79 Å². The van der Waals surface area contributed by atoms with E-state index in [1.807, 2.05) is 18.2 Å². The second kappa shape index (κ2) is 5.21. The lowest BCUT2D eigenvalue weighted by atomic mass is 10.2. The molecular formula is C13H14N2O2. The van der Waals surface area contributed by atoms with Gasteiger partial charge in [0.1, 0.15) is 5.76 Å². The molecule has 1 aromatic heterocycles. The minimum absolute atomic E-state index is 0.417. The van der Waals surface area contributed by atoms with E-state index in [4.69, 9.17) is 10.2 Å². The minimum atomic E-state index is -0.417. The Bertz CT molecular complexity index is 492. The van der Waals surface area contributed by atoms with Gasteiger partial charge in [0.25, 0.3) is 0 Å². The summed E-state index contributed by atoms with van der Waals surface area (Å²) in [7, 11) is 0. The van der Waals surface area contributed by atoms with Gasteiger partial charge in [0.15, 0.2) is 0 Å². The number of nitrogens with one attached hydrogen (secondary N) is 1. The van der Waals surface area contributed by atoms with E-state index in [0.717, 1.165) is 24.4 Å². The first-order valence-electron chi connectivity index (χ1n) is 5.42. The molecule has 4 heteroatoms. The van der Waals surface area contributed by atoms with Crippen LogP contribution in [0.15, 0.2) is 47.1 Å². The molecule has 1 heterocycles. The Morgan fingerprint density at radius 2 is 2.18 bits per heavy atom. The summed E-state index contributed by atoms with van der Waals surface area (Å²) in [5.41, 5.74) is 6.60. The SMILES string of the molecule is NC(=O)c1cccc(NCCc2ccco2)c1. The molecule has 3 N–H and O–H groups in total. The van der Waals surface area contributed by atoms with Gasteiger partial charge in [-0.2, -0.15) is 0 Å². The number of furan rings is 1. The van der Waals surface area contributed by atoms with Gasteiger partial charge in [-0.1, -0.05) is 6.07 Å². The average molecular weight is 230 g/mol. The highest BCUT2D eigenvalue weighted by Crippen LogP contribution is 2.10. The Labute approximate surface area is 99.4 Å². The zero-order valence-electron chi connectivity index (χ0n) is 9.35. The van der Waals surface area contributed by atoms with Gasteiger partial charge >= 0.3 is 0 Å². The number of primary amides is 1. The number of benzene rings is 1. The Kier molecular flexibility index (Phi) is 3.45. The van der Waals surface area contributed by atoms with Crippen molar-refractivity contribution in [3.8, 4) is 0 Å². The second-order valence-corrected chi connectivity index (χ2v) is 3.70. The molecule has 17 heavy (non-hydrogen) atoms. The Morgan fingerprint density at radius 1 is 1.29 bits per heavy atom. The van der Waals surface area contributed by atoms with E-state index in [-0.39, 0.29) is 0 Å². The second-order valence-electron chi connectivity index (χ2n) is 3.70. The molecule has 88 valence electrons. The summed E-state index contributed by atoms with van der Waals surface area (Å²) in [6.45, 7) is 0.746. The van der Waals surface area contributed by atoms with Gasteiger partial charge in [0.05, 0.1) is 6.26 Å². The zero-order valence-corrected chi connectivity index (χ0v) is 9.35. The van der Waals surface area contributed by atoms with Crippen molar-refractivity contribution in [3.63, 3.8) is 0 Å². The first-order valence-corrected chi connectivity index (χ1v) is 5.42. The molecule has 2 rings (SSSR count). The van der Waals surface area contributed by atoms with E-state index in [0.29, 0.717) is 5.56 Å². The van der Waals surface area contributed by atoms with Crippen LogP contribution in [0.4, 0.5) is 5.69 Å². The number of hydrogen-bond acceptors (Lipinski definition) is 3. The summed E-state index contributed by atoms with van der Waals surface area (Å²) in [6.07, 6.45) is 2.46.